The van der Waals surface area contributed by atoms with E-state index in [0.29, 0.717) is 13.0 Å². The number of hydrogen-bond donors (Lipinski definition) is 0. The summed E-state index contributed by atoms with van der Waals surface area (Å²) in [5.74, 6) is 4.62. The Hall–Kier alpha value is -0.703. The van der Waals surface area contributed by atoms with Gasteiger partial charge < -0.3 is 4.84 Å². The highest BCUT2D eigenvalue weighted by atomic mass is 32.1. The van der Waals surface area contributed by atoms with E-state index in [1.807, 2.05) is 6.92 Å². The SMILES string of the molecule is CCN(OC(=O)C#CCC(C)=S)[Si](C)(C)C. The number of carbonyl (C=O) groups is 1. The van der Waals surface area contributed by atoms with Crippen LogP contribution in [0.15, 0.2) is 0 Å². The molecule has 0 rings (SSSR count). The molecule has 0 amide bonds. The fourth-order valence-electron chi connectivity index (χ4n) is 1.04. The molecule has 0 unspecified atom stereocenters. The number of thiocarbonyl (C=S) groups is 1. The minimum Gasteiger partial charge on any atom is -0.366 e. The number of hydrogen-bond acceptors (Lipinski definition) is 4. The van der Waals surface area contributed by atoms with Gasteiger partial charge in [-0.1, -0.05) is 37.8 Å². The maximum atomic E-state index is 11.4. The molecule has 0 atom stereocenters. The van der Waals surface area contributed by atoms with E-state index in [9.17, 15) is 4.79 Å². The molecule has 0 fully saturated rings. The van der Waals surface area contributed by atoms with Crippen LogP contribution in [0.2, 0.25) is 19.6 Å². The Kier molecular flexibility index (Phi) is 6.49. The Morgan fingerprint density at radius 1 is 1.44 bits per heavy atom. The quantitative estimate of drug-likeness (QED) is 0.335. The standard InChI is InChI=1S/C11H19NO2SSi/c1-6-12(16(3,4)5)14-11(13)9-7-8-10(2)15/h6,8H2,1-5H3. The molecular weight excluding hydrogens is 238 g/mol. The summed E-state index contributed by atoms with van der Waals surface area (Å²) < 4.78 is 1.74. The van der Waals surface area contributed by atoms with Crippen LogP contribution in [-0.2, 0) is 9.63 Å². The maximum Gasteiger partial charge on any atom is 0.402 e. The van der Waals surface area contributed by atoms with Gasteiger partial charge in [0.25, 0.3) is 0 Å². The number of hydroxylamine groups is 1. The van der Waals surface area contributed by atoms with Crippen LogP contribution in [0.4, 0.5) is 0 Å². The van der Waals surface area contributed by atoms with Crippen molar-refractivity contribution in [2.75, 3.05) is 6.54 Å². The molecular formula is C11H19NO2SSi. The molecule has 0 saturated carbocycles. The summed E-state index contributed by atoms with van der Waals surface area (Å²) in [5.41, 5.74) is 0. The molecule has 0 aromatic heterocycles. The van der Waals surface area contributed by atoms with Crippen LogP contribution >= 0.6 is 12.2 Å². The van der Waals surface area contributed by atoms with E-state index in [1.54, 1.807) is 11.7 Å². The van der Waals surface area contributed by atoms with Gasteiger partial charge in [-0.15, -0.1) is 0 Å². The maximum absolute atomic E-state index is 11.4. The molecule has 3 nitrogen and oxygen atoms in total. The number of carbonyl (C=O) groups excluding carboxylic acids is 1. The van der Waals surface area contributed by atoms with Crippen LogP contribution in [0.5, 0.6) is 0 Å². The fourth-order valence-corrected chi connectivity index (χ4v) is 2.42. The first-order valence-electron chi connectivity index (χ1n) is 5.25. The highest BCUT2D eigenvalue weighted by Crippen LogP contribution is 2.09. The third-order valence-corrected chi connectivity index (χ3v) is 3.80. The highest BCUT2D eigenvalue weighted by Gasteiger charge is 2.25. The van der Waals surface area contributed by atoms with Gasteiger partial charge in [0.2, 0.25) is 0 Å². The average Bonchev–Trinajstić information content (AvgIpc) is 2.11. The minimum absolute atomic E-state index is 0.462. The minimum atomic E-state index is -1.61. The fraction of sp³-hybridized carbons (Fsp3) is 0.636. The molecule has 0 aliphatic carbocycles. The first-order chi connectivity index (χ1) is 7.27. The lowest BCUT2D eigenvalue weighted by molar-refractivity contribution is -0.163. The smallest absolute Gasteiger partial charge is 0.366 e. The summed E-state index contributed by atoms with van der Waals surface area (Å²) in [7, 11) is -1.61. The van der Waals surface area contributed by atoms with Crippen molar-refractivity contribution in [2.45, 2.75) is 39.9 Å². The number of nitrogens with zero attached hydrogens (tertiary/aromatic N) is 1. The van der Waals surface area contributed by atoms with Crippen LogP contribution in [-0.4, -0.2) is 30.3 Å². The summed E-state index contributed by atoms with van der Waals surface area (Å²) in [6.07, 6.45) is 0.462. The van der Waals surface area contributed by atoms with Gasteiger partial charge in [0.15, 0.2) is 8.24 Å². The van der Waals surface area contributed by atoms with Gasteiger partial charge in [-0.05, 0) is 13.8 Å². The predicted octanol–water partition coefficient (Wildman–Crippen LogP) is 2.38. The molecule has 5 heteroatoms. The van der Waals surface area contributed by atoms with Gasteiger partial charge in [-0.2, -0.15) is 4.73 Å². The molecule has 0 heterocycles. The van der Waals surface area contributed by atoms with Crippen molar-refractivity contribution in [3.8, 4) is 11.8 Å². The van der Waals surface area contributed by atoms with Crippen LogP contribution in [0.25, 0.3) is 0 Å². The van der Waals surface area contributed by atoms with Crippen molar-refractivity contribution in [1.82, 2.24) is 4.73 Å². The van der Waals surface area contributed by atoms with Crippen molar-refractivity contribution in [2.24, 2.45) is 0 Å². The summed E-state index contributed by atoms with van der Waals surface area (Å²) in [5, 5.41) is 0. The Bertz CT molecular complexity index is 325. The lowest BCUT2D eigenvalue weighted by Gasteiger charge is -2.29. The van der Waals surface area contributed by atoms with E-state index in [1.165, 1.54) is 0 Å². The second-order valence-corrected chi connectivity index (χ2v) is 9.96. The second-order valence-electron chi connectivity index (χ2n) is 4.42. The molecule has 0 aromatic rings. The monoisotopic (exact) mass is 257 g/mol. The Morgan fingerprint density at radius 3 is 2.38 bits per heavy atom. The van der Waals surface area contributed by atoms with Crippen molar-refractivity contribution in [3.05, 3.63) is 0 Å². The zero-order valence-corrected chi connectivity index (χ0v) is 12.4. The summed E-state index contributed by atoms with van der Waals surface area (Å²) in [6, 6.07) is 0. The molecule has 16 heavy (non-hydrogen) atoms. The van der Waals surface area contributed by atoms with Gasteiger partial charge >= 0.3 is 5.97 Å². The van der Waals surface area contributed by atoms with Crippen LogP contribution in [0.3, 0.4) is 0 Å². The van der Waals surface area contributed by atoms with E-state index in [-0.39, 0.29) is 0 Å². The van der Waals surface area contributed by atoms with Crippen molar-refractivity contribution < 1.29 is 9.63 Å². The molecule has 0 saturated heterocycles. The first-order valence-corrected chi connectivity index (χ1v) is 9.10. The van der Waals surface area contributed by atoms with Crippen molar-refractivity contribution in [3.63, 3.8) is 0 Å². The Labute approximate surface area is 104 Å². The summed E-state index contributed by atoms with van der Waals surface area (Å²) >= 11 is 4.86. The van der Waals surface area contributed by atoms with Crippen molar-refractivity contribution in [1.29, 1.82) is 0 Å². The third-order valence-electron chi connectivity index (χ3n) is 1.76. The highest BCUT2D eigenvalue weighted by molar-refractivity contribution is 7.80. The Balaban J connectivity index is 4.31. The normalized spacial score (nSPS) is 10.6. The van der Waals surface area contributed by atoms with Crippen LogP contribution in [0, 0.1) is 11.8 Å². The molecule has 0 spiro atoms. The van der Waals surface area contributed by atoms with Gasteiger partial charge in [0.1, 0.15) is 0 Å². The lowest BCUT2D eigenvalue weighted by Crippen LogP contribution is -2.46. The largest absolute Gasteiger partial charge is 0.402 e. The van der Waals surface area contributed by atoms with E-state index >= 15 is 0 Å². The van der Waals surface area contributed by atoms with Gasteiger partial charge in [-0.3, -0.25) is 0 Å². The second kappa shape index (κ2) is 6.79. The zero-order valence-electron chi connectivity index (χ0n) is 10.6. The van der Waals surface area contributed by atoms with E-state index in [2.05, 4.69) is 31.5 Å². The molecule has 0 radical (unpaired) electrons. The van der Waals surface area contributed by atoms with E-state index in [0.717, 1.165) is 4.86 Å². The first kappa shape index (κ1) is 15.3. The molecule has 0 bridgehead atoms. The third kappa shape index (κ3) is 6.72. The van der Waals surface area contributed by atoms with Crippen LogP contribution in [0.1, 0.15) is 20.3 Å². The molecule has 0 aliphatic rings. The molecule has 0 N–H and O–H groups in total. The van der Waals surface area contributed by atoms with Gasteiger partial charge in [0.05, 0.1) is 0 Å². The van der Waals surface area contributed by atoms with Crippen molar-refractivity contribution >= 4 is 31.3 Å². The van der Waals surface area contributed by atoms with Crippen LogP contribution < -0.4 is 0 Å². The molecule has 0 aromatic carbocycles. The van der Waals surface area contributed by atoms with E-state index in [4.69, 9.17) is 17.1 Å². The van der Waals surface area contributed by atoms with E-state index < -0.39 is 14.2 Å². The average molecular weight is 257 g/mol. The topological polar surface area (TPSA) is 29.5 Å². The lowest BCUT2D eigenvalue weighted by atomic mass is 10.3. The molecule has 90 valence electrons. The zero-order chi connectivity index (χ0) is 12.8. The predicted molar refractivity (Wildman–Crippen MR) is 72.5 cm³/mol. The summed E-state index contributed by atoms with van der Waals surface area (Å²) in [4.78, 5) is 17.3. The van der Waals surface area contributed by atoms with Gasteiger partial charge in [0, 0.05) is 23.8 Å². The molecule has 0 aliphatic heterocycles. The number of rotatable bonds is 4. The van der Waals surface area contributed by atoms with Gasteiger partial charge in [-0.25, -0.2) is 4.79 Å². The summed E-state index contributed by atoms with van der Waals surface area (Å²) in [6.45, 7) is 10.8. The Morgan fingerprint density at radius 2 is 2.00 bits per heavy atom.